The molecule has 3 heterocycles. The van der Waals surface area contributed by atoms with Gasteiger partial charge in [0.15, 0.2) is 17.4 Å². The van der Waals surface area contributed by atoms with Crippen molar-refractivity contribution in [3.8, 4) is 17.0 Å². The van der Waals surface area contributed by atoms with Gasteiger partial charge in [0.25, 0.3) is 0 Å². The van der Waals surface area contributed by atoms with E-state index >= 15 is 0 Å². The lowest BCUT2D eigenvalue weighted by molar-refractivity contribution is 0.247. The van der Waals surface area contributed by atoms with E-state index in [0.717, 1.165) is 6.20 Å². The zero-order chi connectivity index (χ0) is 16.3. The number of rotatable bonds is 1. The maximum absolute atomic E-state index is 14.5. The summed E-state index contributed by atoms with van der Waals surface area (Å²) in [5.41, 5.74) is 0.810. The van der Waals surface area contributed by atoms with Crippen LogP contribution in [0, 0.1) is 18.6 Å². The average molecular weight is 337 g/mol. The van der Waals surface area contributed by atoms with E-state index in [-0.39, 0.29) is 28.1 Å². The van der Waals surface area contributed by atoms with Gasteiger partial charge in [-0.2, -0.15) is 0 Å². The molecule has 1 aliphatic heterocycles. The van der Waals surface area contributed by atoms with E-state index in [9.17, 15) is 8.78 Å². The van der Waals surface area contributed by atoms with Crippen LogP contribution in [-0.2, 0) is 0 Å². The summed E-state index contributed by atoms with van der Waals surface area (Å²) in [7, 11) is 0. The number of benzene rings is 1. The first kappa shape index (κ1) is 14.3. The number of ether oxygens (including phenoxy) is 1. The first-order valence-electron chi connectivity index (χ1n) is 6.99. The summed E-state index contributed by atoms with van der Waals surface area (Å²) >= 11 is 5.75. The van der Waals surface area contributed by atoms with Crippen molar-refractivity contribution in [2.45, 2.75) is 19.9 Å². The molecule has 1 aliphatic rings. The molecule has 23 heavy (non-hydrogen) atoms. The van der Waals surface area contributed by atoms with Gasteiger partial charge in [0, 0.05) is 0 Å². The van der Waals surface area contributed by atoms with Crippen molar-refractivity contribution >= 4 is 22.6 Å². The fraction of sp³-hybridized carbons (Fsp3) is 0.267. The van der Waals surface area contributed by atoms with Crippen molar-refractivity contribution in [1.82, 2.24) is 19.5 Å². The molecule has 0 amide bonds. The number of nitrogens with zero attached hydrogens (tertiary/aromatic N) is 4. The summed E-state index contributed by atoms with van der Waals surface area (Å²) in [5, 5.41) is -0.122. The molecule has 1 aromatic carbocycles. The lowest BCUT2D eigenvalue weighted by Gasteiger charge is -2.25. The third-order valence-electron chi connectivity index (χ3n) is 3.92. The lowest BCUT2D eigenvalue weighted by atomic mass is 10.1. The normalized spacial score (nSPS) is 16.7. The van der Waals surface area contributed by atoms with Crippen LogP contribution in [0.5, 0.6) is 5.75 Å². The van der Waals surface area contributed by atoms with Crippen LogP contribution >= 0.6 is 11.6 Å². The van der Waals surface area contributed by atoms with Crippen LogP contribution < -0.4 is 4.74 Å². The van der Waals surface area contributed by atoms with E-state index < -0.39 is 11.6 Å². The highest BCUT2D eigenvalue weighted by molar-refractivity contribution is 6.28. The van der Waals surface area contributed by atoms with Crippen molar-refractivity contribution in [1.29, 1.82) is 0 Å². The summed E-state index contributed by atoms with van der Waals surface area (Å²) in [5.74, 6) is -0.232. The standard InChI is InChI=1S/C15H11ClF2N4O/c1-6-5-23-14-8(11-10(18)4-19-15(16)21-11)3-9(17)12-13(14)22(6)7(2)20-12/h3-4,6H,5H2,1-2H3. The molecule has 0 N–H and O–H groups in total. The molecule has 3 aromatic rings. The molecule has 0 saturated heterocycles. The van der Waals surface area contributed by atoms with E-state index in [1.807, 2.05) is 11.5 Å². The van der Waals surface area contributed by atoms with Crippen LogP contribution in [0.3, 0.4) is 0 Å². The lowest BCUT2D eigenvalue weighted by Crippen LogP contribution is -2.21. The van der Waals surface area contributed by atoms with E-state index in [2.05, 4.69) is 15.0 Å². The van der Waals surface area contributed by atoms with Crippen molar-refractivity contribution in [2.75, 3.05) is 6.61 Å². The maximum atomic E-state index is 14.5. The van der Waals surface area contributed by atoms with Gasteiger partial charge in [0.1, 0.15) is 29.2 Å². The van der Waals surface area contributed by atoms with Crippen LogP contribution in [-0.4, -0.2) is 26.1 Å². The Morgan fingerprint density at radius 2 is 2.09 bits per heavy atom. The number of aryl methyl sites for hydroxylation is 1. The van der Waals surface area contributed by atoms with Crippen molar-refractivity contribution in [3.05, 3.63) is 35.0 Å². The number of aromatic nitrogens is 4. The third kappa shape index (κ3) is 1.99. The number of hydrogen-bond acceptors (Lipinski definition) is 4. The van der Waals surface area contributed by atoms with Crippen LogP contribution in [0.4, 0.5) is 8.78 Å². The molecular weight excluding hydrogens is 326 g/mol. The second-order valence-electron chi connectivity index (χ2n) is 5.46. The van der Waals surface area contributed by atoms with E-state index in [1.165, 1.54) is 6.07 Å². The van der Waals surface area contributed by atoms with Crippen molar-refractivity contribution in [2.24, 2.45) is 0 Å². The Morgan fingerprint density at radius 3 is 2.87 bits per heavy atom. The molecule has 0 spiro atoms. The fourth-order valence-corrected chi connectivity index (χ4v) is 3.12. The Bertz CT molecular complexity index is 957. The van der Waals surface area contributed by atoms with Crippen LogP contribution in [0.15, 0.2) is 12.3 Å². The van der Waals surface area contributed by atoms with Crippen LogP contribution in [0.25, 0.3) is 22.3 Å². The van der Waals surface area contributed by atoms with Crippen molar-refractivity contribution in [3.63, 3.8) is 0 Å². The van der Waals surface area contributed by atoms with Crippen LogP contribution in [0.2, 0.25) is 5.28 Å². The van der Waals surface area contributed by atoms with Gasteiger partial charge < -0.3 is 9.30 Å². The number of hydrogen-bond donors (Lipinski definition) is 0. The predicted molar refractivity (Wildman–Crippen MR) is 80.6 cm³/mol. The highest BCUT2D eigenvalue weighted by Gasteiger charge is 2.29. The maximum Gasteiger partial charge on any atom is 0.223 e. The molecule has 2 aromatic heterocycles. The summed E-state index contributed by atoms with van der Waals surface area (Å²) in [6.45, 7) is 4.12. The molecule has 0 saturated carbocycles. The minimum absolute atomic E-state index is 0.000911. The van der Waals surface area contributed by atoms with Gasteiger partial charge in [0.05, 0.1) is 17.8 Å². The smallest absolute Gasteiger partial charge is 0.223 e. The molecule has 0 bridgehead atoms. The molecule has 5 nitrogen and oxygen atoms in total. The minimum atomic E-state index is -0.700. The Hall–Kier alpha value is -2.28. The summed E-state index contributed by atoms with van der Waals surface area (Å²) in [6, 6.07) is 1.17. The second-order valence-corrected chi connectivity index (χ2v) is 5.79. The molecular formula is C15H11ClF2N4O. The summed E-state index contributed by atoms with van der Waals surface area (Å²) < 4.78 is 36.3. The van der Waals surface area contributed by atoms with Gasteiger partial charge in [-0.3, -0.25) is 0 Å². The summed E-state index contributed by atoms with van der Waals surface area (Å²) in [4.78, 5) is 11.7. The SMILES string of the molecule is Cc1nc2c(F)cc(-c3nc(Cl)ncc3F)c3c2n1C(C)CO3. The summed E-state index contributed by atoms with van der Waals surface area (Å²) in [6.07, 6.45) is 0.952. The molecule has 0 radical (unpaired) electrons. The Morgan fingerprint density at radius 1 is 1.30 bits per heavy atom. The molecule has 1 unspecified atom stereocenters. The van der Waals surface area contributed by atoms with Crippen molar-refractivity contribution < 1.29 is 13.5 Å². The van der Waals surface area contributed by atoms with E-state index in [4.69, 9.17) is 16.3 Å². The van der Waals surface area contributed by atoms with Crippen LogP contribution in [0.1, 0.15) is 18.8 Å². The minimum Gasteiger partial charge on any atom is -0.488 e. The Labute approximate surface area is 134 Å². The largest absolute Gasteiger partial charge is 0.488 e. The fourth-order valence-electron chi connectivity index (χ4n) is 2.99. The van der Waals surface area contributed by atoms with E-state index in [1.54, 1.807) is 6.92 Å². The van der Waals surface area contributed by atoms with Gasteiger partial charge in [-0.15, -0.1) is 0 Å². The molecule has 1 atom stereocenters. The van der Waals surface area contributed by atoms with Gasteiger partial charge in [-0.1, -0.05) is 0 Å². The number of halogens is 3. The zero-order valence-electron chi connectivity index (χ0n) is 12.3. The Kier molecular flexibility index (Phi) is 3.02. The average Bonchev–Trinajstić information content (AvgIpc) is 2.87. The first-order chi connectivity index (χ1) is 11.0. The molecule has 4 rings (SSSR count). The van der Waals surface area contributed by atoms with Gasteiger partial charge >= 0.3 is 0 Å². The first-order valence-corrected chi connectivity index (χ1v) is 7.37. The van der Waals surface area contributed by atoms with Gasteiger partial charge in [-0.05, 0) is 31.5 Å². The highest BCUT2D eigenvalue weighted by Crippen LogP contribution is 2.42. The molecule has 8 heteroatoms. The van der Waals surface area contributed by atoms with Gasteiger partial charge in [-0.25, -0.2) is 23.7 Å². The molecule has 0 aliphatic carbocycles. The topological polar surface area (TPSA) is 52.8 Å². The predicted octanol–water partition coefficient (Wildman–Crippen LogP) is 3.69. The quantitative estimate of drug-likeness (QED) is 0.636. The third-order valence-corrected chi connectivity index (χ3v) is 4.11. The zero-order valence-corrected chi connectivity index (χ0v) is 13.0. The molecule has 0 fully saturated rings. The monoisotopic (exact) mass is 336 g/mol. The molecule has 118 valence electrons. The van der Waals surface area contributed by atoms with E-state index in [0.29, 0.717) is 23.7 Å². The van der Waals surface area contributed by atoms with Gasteiger partial charge in [0.2, 0.25) is 5.28 Å². The second kappa shape index (κ2) is 4.86. The Balaban J connectivity index is 2.12. The highest BCUT2D eigenvalue weighted by atomic mass is 35.5. The number of imidazole rings is 1.